The number of nitrogens with two attached hydrogens (primary N) is 1. The van der Waals surface area contributed by atoms with Gasteiger partial charge in [-0.25, -0.2) is 8.42 Å². The van der Waals surface area contributed by atoms with Crippen molar-refractivity contribution in [2.45, 2.75) is 44.8 Å². The molecule has 1 amide bonds. The van der Waals surface area contributed by atoms with E-state index < -0.39 is 9.84 Å². The molecule has 1 aliphatic rings. The van der Waals surface area contributed by atoms with Gasteiger partial charge in [-0.3, -0.25) is 4.79 Å². The lowest BCUT2D eigenvalue weighted by molar-refractivity contribution is -0.135. The highest BCUT2D eigenvalue weighted by Gasteiger charge is 2.34. The Bertz CT molecular complexity index is 407. The summed E-state index contributed by atoms with van der Waals surface area (Å²) < 4.78 is 28.3. The van der Waals surface area contributed by atoms with Gasteiger partial charge in [-0.2, -0.15) is 0 Å². The number of unbranched alkanes of at least 4 members (excludes halogenated alkanes) is 1. The van der Waals surface area contributed by atoms with Gasteiger partial charge < -0.3 is 15.4 Å². The molecule has 1 aliphatic heterocycles. The number of ether oxygens (including phenoxy) is 1. The van der Waals surface area contributed by atoms with Crippen LogP contribution in [0.3, 0.4) is 0 Å². The maximum absolute atomic E-state index is 12.4. The van der Waals surface area contributed by atoms with Gasteiger partial charge in [0.15, 0.2) is 9.84 Å². The third-order valence-corrected chi connectivity index (χ3v) is 5.47. The lowest BCUT2D eigenvalue weighted by atomic mass is 10.1. The number of amides is 1. The maximum Gasteiger partial charge on any atom is 0.225 e. The molecule has 1 fully saturated rings. The van der Waals surface area contributed by atoms with E-state index in [0.29, 0.717) is 13.0 Å². The molecule has 1 heterocycles. The molecule has 1 saturated heterocycles. The van der Waals surface area contributed by atoms with Crippen LogP contribution >= 0.6 is 0 Å². The molecule has 0 spiro atoms. The van der Waals surface area contributed by atoms with Crippen LogP contribution in [-0.2, 0) is 19.4 Å². The number of carbonyl (C=O) groups is 1. The number of methoxy groups -OCH3 is 1. The predicted octanol–water partition coefficient (Wildman–Crippen LogP) is 0.166. The second-order valence-electron chi connectivity index (χ2n) is 5.30. The summed E-state index contributed by atoms with van der Waals surface area (Å²) in [7, 11) is -1.46. The van der Waals surface area contributed by atoms with Crippen LogP contribution < -0.4 is 5.73 Å². The summed E-state index contributed by atoms with van der Waals surface area (Å²) >= 11 is 0. The average Bonchev–Trinajstić information content (AvgIpc) is 2.76. The maximum atomic E-state index is 12.4. The molecule has 20 heavy (non-hydrogen) atoms. The lowest BCUT2D eigenvalue weighted by Gasteiger charge is -2.29. The second-order valence-corrected chi connectivity index (χ2v) is 7.52. The third-order valence-electron chi connectivity index (χ3n) is 3.72. The molecule has 0 aromatic carbocycles. The van der Waals surface area contributed by atoms with E-state index in [1.807, 2.05) is 6.92 Å². The Kier molecular flexibility index (Phi) is 6.91. The van der Waals surface area contributed by atoms with Crippen molar-refractivity contribution in [1.82, 2.24) is 4.90 Å². The molecule has 2 unspecified atom stereocenters. The highest BCUT2D eigenvalue weighted by Crippen LogP contribution is 2.20. The zero-order chi connectivity index (χ0) is 15.2. The summed E-state index contributed by atoms with van der Waals surface area (Å²) in [6, 6.07) is -0.186. The number of rotatable bonds is 8. The Morgan fingerprint density at radius 2 is 2.20 bits per heavy atom. The molecule has 0 saturated carbocycles. The van der Waals surface area contributed by atoms with Crippen LogP contribution in [0, 0.1) is 0 Å². The van der Waals surface area contributed by atoms with Crippen molar-refractivity contribution < 1.29 is 17.9 Å². The number of carbonyl (C=O) groups excluding carboxylic acids is 1. The quantitative estimate of drug-likeness (QED) is 0.690. The van der Waals surface area contributed by atoms with Crippen LogP contribution in [0.5, 0.6) is 0 Å². The van der Waals surface area contributed by atoms with Gasteiger partial charge in [0.25, 0.3) is 0 Å². The minimum atomic E-state index is -2.99. The normalized spacial score (nSPS) is 22.6. The summed E-state index contributed by atoms with van der Waals surface area (Å²) in [4.78, 5) is 14.1. The number of hydrogen-bond donors (Lipinski definition) is 1. The molecule has 2 atom stereocenters. The minimum Gasteiger partial charge on any atom is -0.380 e. The van der Waals surface area contributed by atoms with Crippen molar-refractivity contribution in [3.05, 3.63) is 0 Å². The summed E-state index contributed by atoms with van der Waals surface area (Å²) in [5, 5.41) is 0. The SMILES string of the molecule is CCCCN(C(=O)CC(CN)OC)C1CCS(=O)(=O)C1. The van der Waals surface area contributed by atoms with Gasteiger partial charge in [0.05, 0.1) is 24.0 Å². The van der Waals surface area contributed by atoms with Crippen LogP contribution in [0.4, 0.5) is 0 Å². The summed E-state index contributed by atoms with van der Waals surface area (Å²) in [6.07, 6.45) is 2.30. The van der Waals surface area contributed by atoms with Crippen molar-refractivity contribution in [2.24, 2.45) is 5.73 Å². The van der Waals surface area contributed by atoms with E-state index in [1.165, 1.54) is 7.11 Å². The molecule has 0 aromatic heterocycles. The van der Waals surface area contributed by atoms with E-state index in [9.17, 15) is 13.2 Å². The molecular formula is C13H26N2O4S. The molecule has 7 heteroatoms. The Morgan fingerprint density at radius 3 is 2.65 bits per heavy atom. The fourth-order valence-corrected chi connectivity index (χ4v) is 4.17. The van der Waals surface area contributed by atoms with Crippen molar-refractivity contribution in [3.63, 3.8) is 0 Å². The Balaban J connectivity index is 2.70. The van der Waals surface area contributed by atoms with E-state index in [-0.39, 0.29) is 42.5 Å². The van der Waals surface area contributed by atoms with Crippen LogP contribution in [0.15, 0.2) is 0 Å². The van der Waals surface area contributed by atoms with Crippen LogP contribution in [0.2, 0.25) is 0 Å². The van der Waals surface area contributed by atoms with Gasteiger partial charge in [-0.1, -0.05) is 13.3 Å². The van der Waals surface area contributed by atoms with Crippen molar-refractivity contribution in [2.75, 3.05) is 31.7 Å². The molecule has 0 aliphatic carbocycles. The first-order valence-corrected chi connectivity index (χ1v) is 8.98. The van der Waals surface area contributed by atoms with E-state index in [1.54, 1.807) is 4.90 Å². The zero-order valence-electron chi connectivity index (χ0n) is 12.4. The van der Waals surface area contributed by atoms with E-state index in [0.717, 1.165) is 12.8 Å². The zero-order valence-corrected chi connectivity index (χ0v) is 13.2. The number of nitrogens with zero attached hydrogens (tertiary/aromatic N) is 1. The summed E-state index contributed by atoms with van der Waals surface area (Å²) in [5.74, 6) is 0.207. The number of sulfone groups is 1. The number of hydrogen-bond acceptors (Lipinski definition) is 5. The van der Waals surface area contributed by atoms with Gasteiger partial charge in [0.2, 0.25) is 5.91 Å². The molecule has 0 radical (unpaired) electrons. The van der Waals surface area contributed by atoms with Crippen molar-refractivity contribution in [3.8, 4) is 0 Å². The van der Waals surface area contributed by atoms with Crippen molar-refractivity contribution >= 4 is 15.7 Å². The molecule has 118 valence electrons. The fourth-order valence-electron chi connectivity index (χ4n) is 2.44. The third kappa shape index (κ3) is 5.03. The molecule has 0 aromatic rings. The van der Waals surface area contributed by atoms with Gasteiger partial charge in [0, 0.05) is 26.2 Å². The minimum absolute atomic E-state index is 0.0575. The largest absolute Gasteiger partial charge is 0.380 e. The highest BCUT2D eigenvalue weighted by molar-refractivity contribution is 7.91. The van der Waals surface area contributed by atoms with Crippen LogP contribution in [0.1, 0.15) is 32.6 Å². The summed E-state index contributed by atoms with van der Waals surface area (Å²) in [5.41, 5.74) is 5.54. The molecule has 0 bridgehead atoms. The highest BCUT2D eigenvalue weighted by atomic mass is 32.2. The van der Waals surface area contributed by atoms with Gasteiger partial charge in [-0.15, -0.1) is 0 Å². The Labute approximate surface area is 121 Å². The van der Waals surface area contributed by atoms with Crippen LogP contribution in [0.25, 0.3) is 0 Å². The first-order chi connectivity index (χ1) is 9.43. The monoisotopic (exact) mass is 306 g/mol. The molecular weight excluding hydrogens is 280 g/mol. The van der Waals surface area contributed by atoms with E-state index in [2.05, 4.69) is 0 Å². The average molecular weight is 306 g/mol. The van der Waals surface area contributed by atoms with Gasteiger partial charge in [-0.05, 0) is 12.8 Å². The molecule has 2 N–H and O–H groups in total. The second kappa shape index (κ2) is 7.95. The van der Waals surface area contributed by atoms with E-state index in [4.69, 9.17) is 10.5 Å². The fraction of sp³-hybridized carbons (Fsp3) is 0.923. The first kappa shape index (κ1) is 17.4. The Hall–Kier alpha value is -0.660. The predicted molar refractivity (Wildman–Crippen MR) is 78.1 cm³/mol. The van der Waals surface area contributed by atoms with Gasteiger partial charge >= 0.3 is 0 Å². The van der Waals surface area contributed by atoms with Crippen LogP contribution in [-0.4, -0.2) is 63.1 Å². The topological polar surface area (TPSA) is 89.7 Å². The summed E-state index contributed by atoms with van der Waals surface area (Å²) in [6.45, 7) is 2.94. The smallest absolute Gasteiger partial charge is 0.225 e. The lowest BCUT2D eigenvalue weighted by Crippen LogP contribution is -2.43. The van der Waals surface area contributed by atoms with Crippen molar-refractivity contribution in [1.29, 1.82) is 0 Å². The Morgan fingerprint density at radius 1 is 1.50 bits per heavy atom. The molecule has 6 nitrogen and oxygen atoms in total. The standard InChI is InChI=1S/C13H26N2O4S/c1-3-4-6-15(11-5-7-20(17,18)10-11)13(16)8-12(9-14)19-2/h11-12H,3-10,14H2,1-2H3. The molecule has 1 rings (SSSR count). The first-order valence-electron chi connectivity index (χ1n) is 7.16. The van der Waals surface area contributed by atoms with E-state index >= 15 is 0 Å². The van der Waals surface area contributed by atoms with Gasteiger partial charge in [0.1, 0.15) is 0 Å².